The standard InChI is InChI=1S/C15H24O2/c1-6-17-14-8-12(11(2)10-16)7-13(9-14)15(3,4)5/h7-9,11,16H,6,10H2,1-5H3. The molecule has 0 aromatic heterocycles. The first-order chi connectivity index (χ1) is 7.88. The van der Waals surface area contributed by atoms with Crippen LogP contribution in [0.5, 0.6) is 5.75 Å². The number of aliphatic hydroxyl groups is 1. The first-order valence-corrected chi connectivity index (χ1v) is 6.27. The van der Waals surface area contributed by atoms with Gasteiger partial charge in [-0.2, -0.15) is 0 Å². The van der Waals surface area contributed by atoms with Gasteiger partial charge in [-0.05, 0) is 35.6 Å². The Bertz CT molecular complexity index is 364. The summed E-state index contributed by atoms with van der Waals surface area (Å²) < 4.78 is 5.60. The van der Waals surface area contributed by atoms with Crippen molar-refractivity contribution in [1.29, 1.82) is 0 Å². The number of hydrogen-bond acceptors (Lipinski definition) is 2. The molecule has 1 atom stereocenters. The second kappa shape index (κ2) is 5.54. The molecule has 0 spiro atoms. The van der Waals surface area contributed by atoms with E-state index in [1.54, 1.807) is 0 Å². The van der Waals surface area contributed by atoms with E-state index in [0.29, 0.717) is 6.61 Å². The summed E-state index contributed by atoms with van der Waals surface area (Å²) in [5.41, 5.74) is 2.49. The quantitative estimate of drug-likeness (QED) is 0.867. The zero-order valence-electron chi connectivity index (χ0n) is 11.6. The second-order valence-electron chi connectivity index (χ2n) is 5.56. The minimum Gasteiger partial charge on any atom is -0.494 e. The lowest BCUT2D eigenvalue weighted by atomic mass is 9.84. The molecule has 0 fully saturated rings. The van der Waals surface area contributed by atoms with Crippen LogP contribution in [-0.4, -0.2) is 18.3 Å². The van der Waals surface area contributed by atoms with Gasteiger partial charge >= 0.3 is 0 Å². The number of aliphatic hydroxyl groups excluding tert-OH is 1. The number of benzene rings is 1. The van der Waals surface area contributed by atoms with Crippen LogP contribution < -0.4 is 4.74 Å². The van der Waals surface area contributed by atoms with Crippen molar-refractivity contribution in [1.82, 2.24) is 0 Å². The third kappa shape index (κ3) is 3.74. The predicted molar refractivity (Wildman–Crippen MR) is 71.8 cm³/mol. The van der Waals surface area contributed by atoms with Crippen molar-refractivity contribution >= 4 is 0 Å². The molecule has 0 aliphatic heterocycles. The van der Waals surface area contributed by atoms with Gasteiger partial charge in [0.25, 0.3) is 0 Å². The number of ether oxygens (including phenoxy) is 1. The van der Waals surface area contributed by atoms with Crippen molar-refractivity contribution in [3.8, 4) is 5.75 Å². The van der Waals surface area contributed by atoms with E-state index < -0.39 is 0 Å². The minimum atomic E-state index is 0.0943. The van der Waals surface area contributed by atoms with Crippen molar-refractivity contribution < 1.29 is 9.84 Å². The van der Waals surface area contributed by atoms with E-state index in [9.17, 15) is 5.11 Å². The molecule has 0 radical (unpaired) electrons. The highest BCUT2D eigenvalue weighted by atomic mass is 16.5. The Labute approximate surface area is 105 Å². The van der Waals surface area contributed by atoms with Crippen LogP contribution >= 0.6 is 0 Å². The fourth-order valence-electron chi connectivity index (χ4n) is 1.70. The highest BCUT2D eigenvalue weighted by Gasteiger charge is 2.17. The molecule has 17 heavy (non-hydrogen) atoms. The smallest absolute Gasteiger partial charge is 0.119 e. The molecule has 0 saturated carbocycles. The van der Waals surface area contributed by atoms with Gasteiger partial charge in [-0.1, -0.05) is 33.8 Å². The van der Waals surface area contributed by atoms with Gasteiger partial charge in [-0.25, -0.2) is 0 Å². The summed E-state index contributed by atoms with van der Waals surface area (Å²) in [4.78, 5) is 0. The molecule has 96 valence electrons. The molecule has 1 aromatic carbocycles. The van der Waals surface area contributed by atoms with Gasteiger partial charge in [0.1, 0.15) is 5.75 Å². The zero-order valence-corrected chi connectivity index (χ0v) is 11.6. The summed E-state index contributed by atoms with van der Waals surface area (Å²) in [6.45, 7) is 11.4. The van der Waals surface area contributed by atoms with E-state index in [1.807, 2.05) is 19.9 Å². The molecule has 2 heteroatoms. The van der Waals surface area contributed by atoms with Gasteiger partial charge in [0.05, 0.1) is 6.61 Å². The maximum Gasteiger partial charge on any atom is 0.119 e. The summed E-state index contributed by atoms with van der Waals surface area (Å²) >= 11 is 0. The van der Waals surface area contributed by atoms with Crippen LogP contribution in [0.4, 0.5) is 0 Å². The largest absolute Gasteiger partial charge is 0.494 e. The Morgan fingerprint density at radius 3 is 2.35 bits per heavy atom. The third-order valence-electron chi connectivity index (χ3n) is 2.95. The molecule has 0 aliphatic carbocycles. The van der Waals surface area contributed by atoms with Crippen molar-refractivity contribution in [3.05, 3.63) is 29.3 Å². The lowest BCUT2D eigenvalue weighted by Crippen LogP contribution is -2.13. The first kappa shape index (κ1) is 14.0. The normalized spacial score (nSPS) is 13.5. The van der Waals surface area contributed by atoms with Crippen molar-refractivity contribution in [2.45, 2.75) is 46.0 Å². The van der Waals surface area contributed by atoms with Crippen LogP contribution in [0.1, 0.15) is 51.7 Å². The highest BCUT2D eigenvalue weighted by Crippen LogP contribution is 2.30. The molecule has 0 aliphatic rings. The average Bonchev–Trinajstić information content (AvgIpc) is 2.27. The van der Waals surface area contributed by atoms with Crippen LogP contribution in [-0.2, 0) is 5.41 Å². The molecule has 1 rings (SSSR count). The van der Waals surface area contributed by atoms with E-state index in [1.165, 1.54) is 5.56 Å². The van der Waals surface area contributed by atoms with E-state index in [2.05, 4.69) is 32.9 Å². The van der Waals surface area contributed by atoms with Gasteiger partial charge in [0.15, 0.2) is 0 Å². The van der Waals surface area contributed by atoms with Crippen molar-refractivity contribution in [2.75, 3.05) is 13.2 Å². The maximum atomic E-state index is 9.26. The van der Waals surface area contributed by atoms with E-state index in [-0.39, 0.29) is 17.9 Å². The van der Waals surface area contributed by atoms with E-state index in [4.69, 9.17) is 4.74 Å². The highest BCUT2D eigenvalue weighted by molar-refractivity contribution is 5.39. The van der Waals surface area contributed by atoms with Crippen LogP contribution in [0.3, 0.4) is 0 Å². The molecular weight excluding hydrogens is 212 g/mol. The Morgan fingerprint density at radius 1 is 1.24 bits per heavy atom. The molecular formula is C15H24O2. The first-order valence-electron chi connectivity index (χ1n) is 6.27. The van der Waals surface area contributed by atoms with Crippen LogP contribution in [0.15, 0.2) is 18.2 Å². The Balaban J connectivity index is 3.18. The molecule has 0 saturated heterocycles. The SMILES string of the molecule is CCOc1cc(C(C)CO)cc(C(C)(C)C)c1. The third-order valence-corrected chi connectivity index (χ3v) is 2.95. The Kier molecular flexibility index (Phi) is 4.58. The predicted octanol–water partition coefficient (Wildman–Crippen LogP) is 3.48. The average molecular weight is 236 g/mol. The fraction of sp³-hybridized carbons (Fsp3) is 0.600. The molecule has 1 unspecified atom stereocenters. The number of rotatable bonds is 4. The molecule has 2 nitrogen and oxygen atoms in total. The summed E-state index contributed by atoms with van der Waals surface area (Å²) in [5.74, 6) is 1.05. The topological polar surface area (TPSA) is 29.5 Å². The lowest BCUT2D eigenvalue weighted by molar-refractivity contribution is 0.272. The van der Waals surface area contributed by atoms with Gasteiger partial charge in [0, 0.05) is 12.5 Å². The van der Waals surface area contributed by atoms with Gasteiger partial charge in [-0.15, -0.1) is 0 Å². The zero-order chi connectivity index (χ0) is 13.1. The molecule has 0 bridgehead atoms. The van der Waals surface area contributed by atoms with Crippen LogP contribution in [0, 0.1) is 0 Å². The molecule has 1 N–H and O–H groups in total. The van der Waals surface area contributed by atoms with Gasteiger partial charge < -0.3 is 9.84 Å². The summed E-state index contributed by atoms with van der Waals surface area (Å²) in [6.07, 6.45) is 0. The van der Waals surface area contributed by atoms with Gasteiger partial charge in [-0.3, -0.25) is 0 Å². The minimum absolute atomic E-state index is 0.0943. The van der Waals surface area contributed by atoms with Crippen molar-refractivity contribution in [2.24, 2.45) is 0 Å². The van der Waals surface area contributed by atoms with Crippen LogP contribution in [0.2, 0.25) is 0 Å². The lowest BCUT2D eigenvalue weighted by Gasteiger charge is -2.22. The Hall–Kier alpha value is -1.02. The Morgan fingerprint density at radius 2 is 1.88 bits per heavy atom. The van der Waals surface area contributed by atoms with E-state index in [0.717, 1.165) is 11.3 Å². The van der Waals surface area contributed by atoms with E-state index >= 15 is 0 Å². The van der Waals surface area contributed by atoms with Crippen molar-refractivity contribution in [3.63, 3.8) is 0 Å². The fourth-order valence-corrected chi connectivity index (χ4v) is 1.70. The number of hydrogen-bond donors (Lipinski definition) is 1. The molecule has 0 amide bonds. The molecule has 0 heterocycles. The maximum absolute atomic E-state index is 9.26. The van der Waals surface area contributed by atoms with Gasteiger partial charge in [0.2, 0.25) is 0 Å². The molecule has 1 aromatic rings. The second-order valence-corrected chi connectivity index (χ2v) is 5.56. The summed E-state index contributed by atoms with van der Waals surface area (Å²) in [7, 11) is 0. The monoisotopic (exact) mass is 236 g/mol. The summed E-state index contributed by atoms with van der Waals surface area (Å²) in [6, 6.07) is 6.29. The van der Waals surface area contributed by atoms with Crippen LogP contribution in [0.25, 0.3) is 0 Å². The summed E-state index contributed by atoms with van der Waals surface area (Å²) in [5, 5.41) is 9.26.